The molecule has 3 heterocycles. The van der Waals surface area contributed by atoms with Gasteiger partial charge in [-0.1, -0.05) is 31.1 Å². The van der Waals surface area contributed by atoms with Crippen molar-refractivity contribution in [3.8, 4) is 6.07 Å². The molecule has 9 nitrogen and oxygen atoms in total. The Morgan fingerprint density at radius 1 is 1.03 bits per heavy atom. The number of hydrogen-bond acceptors (Lipinski definition) is 8. The Morgan fingerprint density at radius 3 is 2.42 bits per heavy atom. The highest BCUT2D eigenvalue weighted by molar-refractivity contribution is 7.89. The van der Waals surface area contributed by atoms with E-state index in [0.717, 1.165) is 37.9 Å². The predicted molar refractivity (Wildman–Crippen MR) is 140 cm³/mol. The van der Waals surface area contributed by atoms with Gasteiger partial charge in [-0.3, -0.25) is 0 Å². The Labute approximate surface area is 213 Å². The van der Waals surface area contributed by atoms with Crippen LogP contribution >= 0.6 is 0 Å². The lowest BCUT2D eigenvalue weighted by Gasteiger charge is -2.31. The van der Waals surface area contributed by atoms with Crippen LogP contribution in [0, 0.1) is 11.3 Å². The Balaban J connectivity index is 1.19. The molecule has 0 atom stereocenters. The molecule has 1 aromatic heterocycles. The molecule has 0 radical (unpaired) electrons. The van der Waals surface area contributed by atoms with Crippen molar-refractivity contribution in [2.45, 2.75) is 61.9 Å². The summed E-state index contributed by atoms with van der Waals surface area (Å²) in [5.74, 6) is 1.05. The van der Waals surface area contributed by atoms with Gasteiger partial charge in [0.2, 0.25) is 16.0 Å². The third-order valence-corrected chi connectivity index (χ3v) is 9.23. The summed E-state index contributed by atoms with van der Waals surface area (Å²) in [7, 11) is -3.54. The molecule has 2 fully saturated rings. The minimum absolute atomic E-state index is 0.0675. The summed E-state index contributed by atoms with van der Waals surface area (Å²) in [5.41, 5.74) is 2.79. The quantitative estimate of drug-likeness (QED) is 0.521. The molecule has 0 spiro atoms. The number of nitrogens with one attached hydrogen (secondary N) is 3. The van der Waals surface area contributed by atoms with Crippen LogP contribution in [0.3, 0.4) is 0 Å². The van der Waals surface area contributed by atoms with E-state index in [2.05, 4.69) is 38.1 Å². The third-order valence-electron chi connectivity index (χ3n) is 7.32. The average Bonchev–Trinajstić information content (AvgIpc) is 3.43. The highest BCUT2D eigenvalue weighted by atomic mass is 32.2. The van der Waals surface area contributed by atoms with Gasteiger partial charge in [0.15, 0.2) is 0 Å². The summed E-state index contributed by atoms with van der Waals surface area (Å²) in [6.07, 6.45) is 10.5. The maximum absolute atomic E-state index is 13.2. The predicted octanol–water partition coefficient (Wildman–Crippen LogP) is 3.34. The molecule has 1 aromatic carbocycles. The molecule has 3 aliphatic rings. The van der Waals surface area contributed by atoms with Crippen LogP contribution in [0.5, 0.6) is 0 Å². The molecule has 36 heavy (non-hydrogen) atoms. The van der Waals surface area contributed by atoms with E-state index in [1.54, 1.807) is 22.6 Å². The first-order valence-corrected chi connectivity index (χ1v) is 14.3. The molecule has 10 heteroatoms. The van der Waals surface area contributed by atoms with Gasteiger partial charge in [-0.05, 0) is 61.9 Å². The van der Waals surface area contributed by atoms with Crippen molar-refractivity contribution in [2.24, 2.45) is 0 Å². The smallest absolute Gasteiger partial charge is 0.243 e. The molecule has 1 aliphatic carbocycles. The standard InChI is InChI=1S/C26H33N7O2S/c27-17-21-18-29-26(32-25(21)30-22-3-1-2-4-22)31-23-11-15-33(16-12-23)36(34,35)24-7-5-19(6-8-24)20-9-13-28-14-10-20/h5-9,18,22-23,28H,1-4,10-16H2,(H2,29,30,31,32). The zero-order valence-corrected chi connectivity index (χ0v) is 21.2. The van der Waals surface area contributed by atoms with Crippen LogP contribution in [0.25, 0.3) is 5.57 Å². The van der Waals surface area contributed by atoms with Gasteiger partial charge in [0.1, 0.15) is 17.5 Å². The Bertz CT molecular complexity index is 1240. The molecule has 0 unspecified atom stereocenters. The van der Waals surface area contributed by atoms with Crippen LogP contribution in [0.2, 0.25) is 0 Å². The number of hydrogen-bond donors (Lipinski definition) is 3. The van der Waals surface area contributed by atoms with Gasteiger partial charge in [0.25, 0.3) is 0 Å². The summed E-state index contributed by atoms with van der Waals surface area (Å²) in [4.78, 5) is 9.22. The number of sulfonamides is 1. The van der Waals surface area contributed by atoms with Crippen LogP contribution in [0.4, 0.5) is 11.8 Å². The van der Waals surface area contributed by atoms with Crippen LogP contribution in [0.1, 0.15) is 56.1 Å². The van der Waals surface area contributed by atoms with Crippen LogP contribution in [0.15, 0.2) is 41.4 Å². The Hall–Kier alpha value is -3.00. The number of rotatable bonds is 7. The second-order valence-electron chi connectivity index (χ2n) is 9.72. The van der Waals surface area contributed by atoms with Crippen molar-refractivity contribution in [3.63, 3.8) is 0 Å². The van der Waals surface area contributed by atoms with E-state index in [4.69, 9.17) is 0 Å². The first-order chi connectivity index (χ1) is 17.5. The van der Waals surface area contributed by atoms with E-state index in [-0.39, 0.29) is 6.04 Å². The zero-order chi connectivity index (χ0) is 25.0. The van der Waals surface area contributed by atoms with Gasteiger partial charge < -0.3 is 16.0 Å². The first-order valence-electron chi connectivity index (χ1n) is 12.8. The summed E-state index contributed by atoms with van der Waals surface area (Å²) in [5, 5.41) is 19.5. The summed E-state index contributed by atoms with van der Waals surface area (Å²) >= 11 is 0. The Morgan fingerprint density at radius 2 is 1.75 bits per heavy atom. The fraction of sp³-hybridized carbons (Fsp3) is 0.500. The normalized spacial score (nSPS) is 20.0. The topological polar surface area (TPSA) is 123 Å². The molecule has 5 rings (SSSR count). The summed E-state index contributed by atoms with van der Waals surface area (Å²) in [6, 6.07) is 9.86. The second kappa shape index (κ2) is 10.9. The average molecular weight is 508 g/mol. The van der Waals surface area contributed by atoms with E-state index in [1.165, 1.54) is 18.4 Å². The molecule has 0 bridgehead atoms. The van der Waals surface area contributed by atoms with Gasteiger partial charge in [0.05, 0.1) is 11.1 Å². The SMILES string of the molecule is N#Cc1cnc(NC2CCN(S(=O)(=O)c3ccc(C4=CCNCC4)cc3)CC2)nc1NC1CCCC1. The minimum atomic E-state index is -3.54. The molecule has 0 amide bonds. The van der Waals surface area contributed by atoms with Gasteiger partial charge in [-0.2, -0.15) is 14.6 Å². The van der Waals surface area contributed by atoms with Crippen molar-refractivity contribution in [1.29, 1.82) is 5.26 Å². The minimum Gasteiger partial charge on any atom is -0.366 e. The van der Waals surface area contributed by atoms with Crippen LogP contribution in [-0.2, 0) is 10.0 Å². The number of benzene rings is 1. The largest absolute Gasteiger partial charge is 0.366 e. The van der Waals surface area contributed by atoms with E-state index in [1.807, 2.05) is 12.1 Å². The van der Waals surface area contributed by atoms with Crippen LogP contribution in [-0.4, -0.2) is 61.0 Å². The van der Waals surface area contributed by atoms with Gasteiger partial charge in [0, 0.05) is 31.7 Å². The maximum Gasteiger partial charge on any atom is 0.243 e. The third kappa shape index (κ3) is 5.53. The van der Waals surface area contributed by atoms with E-state index in [9.17, 15) is 13.7 Å². The van der Waals surface area contributed by atoms with Gasteiger partial charge in [-0.25, -0.2) is 13.4 Å². The highest BCUT2D eigenvalue weighted by Crippen LogP contribution is 2.27. The summed E-state index contributed by atoms with van der Waals surface area (Å²) < 4.78 is 28.0. The lowest BCUT2D eigenvalue weighted by atomic mass is 10.0. The van der Waals surface area contributed by atoms with Crippen LogP contribution < -0.4 is 16.0 Å². The lowest BCUT2D eigenvalue weighted by Crippen LogP contribution is -2.42. The molecule has 190 valence electrons. The number of piperidine rings is 1. The van der Waals surface area contributed by atoms with Crippen molar-refractivity contribution in [3.05, 3.63) is 47.7 Å². The van der Waals surface area contributed by atoms with E-state index < -0.39 is 10.0 Å². The molecule has 2 aliphatic heterocycles. The molecule has 3 N–H and O–H groups in total. The Kier molecular flexibility index (Phi) is 7.51. The fourth-order valence-electron chi connectivity index (χ4n) is 5.20. The highest BCUT2D eigenvalue weighted by Gasteiger charge is 2.30. The number of nitriles is 1. The number of anilines is 2. The maximum atomic E-state index is 13.2. The van der Waals surface area contributed by atoms with Gasteiger partial charge >= 0.3 is 0 Å². The van der Waals surface area contributed by atoms with E-state index >= 15 is 0 Å². The van der Waals surface area contributed by atoms with Crippen molar-refractivity contribution in [2.75, 3.05) is 36.8 Å². The van der Waals surface area contributed by atoms with Gasteiger partial charge in [-0.15, -0.1) is 0 Å². The lowest BCUT2D eigenvalue weighted by molar-refractivity contribution is 0.329. The second-order valence-corrected chi connectivity index (χ2v) is 11.7. The monoisotopic (exact) mass is 507 g/mol. The van der Waals surface area contributed by atoms with Crippen molar-refractivity contribution >= 4 is 27.4 Å². The first kappa shape index (κ1) is 24.7. The molecule has 1 saturated heterocycles. The number of nitrogens with zero attached hydrogens (tertiary/aromatic N) is 4. The number of aromatic nitrogens is 2. The molecular weight excluding hydrogens is 474 g/mol. The van der Waals surface area contributed by atoms with Crippen molar-refractivity contribution in [1.82, 2.24) is 19.6 Å². The zero-order valence-electron chi connectivity index (χ0n) is 20.4. The molecule has 1 saturated carbocycles. The molecule has 2 aromatic rings. The fourth-order valence-corrected chi connectivity index (χ4v) is 6.67. The van der Waals surface area contributed by atoms with E-state index in [0.29, 0.717) is 54.2 Å². The van der Waals surface area contributed by atoms with Crippen molar-refractivity contribution < 1.29 is 8.42 Å². The summed E-state index contributed by atoms with van der Waals surface area (Å²) in [6.45, 7) is 2.66. The molecular formula is C26H33N7O2S.